The SMILES string of the molecule is O=C(c1ccc2c(c1)OCO2)[C@@H]1[C@@H](c2ccccc2)[C@H]2CSCN2[C@@]12C(=O)Nc1ccc(F)cc12. The third kappa shape index (κ3) is 2.81. The molecule has 0 unspecified atom stereocenters. The van der Waals surface area contributed by atoms with E-state index in [0.717, 1.165) is 11.3 Å². The standard InChI is InChI=1S/C27H21FN2O4S/c28-17-7-8-19-18(11-17)27(26(32)29-19)24(25(31)16-6-9-21-22(10-16)34-14-33-21)23(15-4-2-1-3-5-15)20-12-35-13-30(20)27/h1-11,20,23-24H,12-14H2,(H,29,32)/t20-,23+,24+,27-/m1/s1. The monoisotopic (exact) mass is 488 g/mol. The van der Waals surface area contributed by atoms with Crippen molar-refractivity contribution in [2.24, 2.45) is 5.92 Å². The summed E-state index contributed by atoms with van der Waals surface area (Å²) in [6.07, 6.45) is 0. The van der Waals surface area contributed by atoms with Gasteiger partial charge in [0, 0.05) is 40.4 Å². The number of hydrogen-bond acceptors (Lipinski definition) is 6. The number of carbonyl (C=O) groups is 2. The van der Waals surface area contributed by atoms with E-state index in [0.29, 0.717) is 34.2 Å². The van der Waals surface area contributed by atoms with E-state index in [1.165, 1.54) is 12.1 Å². The Morgan fingerprint density at radius 2 is 1.89 bits per heavy atom. The molecule has 8 heteroatoms. The van der Waals surface area contributed by atoms with Crippen LogP contribution >= 0.6 is 11.8 Å². The maximum absolute atomic E-state index is 14.6. The van der Waals surface area contributed by atoms with Gasteiger partial charge in [0.25, 0.3) is 0 Å². The van der Waals surface area contributed by atoms with Crippen LogP contribution < -0.4 is 14.8 Å². The maximum atomic E-state index is 14.6. The minimum atomic E-state index is -1.31. The normalized spacial score (nSPS) is 28.3. The van der Waals surface area contributed by atoms with Crippen LogP contribution in [0.4, 0.5) is 10.1 Å². The average molecular weight is 489 g/mol. The number of anilines is 1. The highest BCUT2D eigenvalue weighted by Crippen LogP contribution is 2.61. The van der Waals surface area contributed by atoms with Gasteiger partial charge in [-0.2, -0.15) is 0 Å². The Morgan fingerprint density at radius 1 is 1.06 bits per heavy atom. The number of Topliss-reactive ketones (excluding diaryl/α,β-unsaturated/α-hetero) is 1. The molecular formula is C27H21FN2O4S. The quantitative estimate of drug-likeness (QED) is 0.553. The third-order valence-corrected chi connectivity index (χ3v) is 8.74. The van der Waals surface area contributed by atoms with Crippen molar-refractivity contribution in [2.45, 2.75) is 17.5 Å². The van der Waals surface area contributed by atoms with Crippen LogP contribution in [0.3, 0.4) is 0 Å². The minimum Gasteiger partial charge on any atom is -0.454 e. The van der Waals surface area contributed by atoms with Crippen LogP contribution in [0.1, 0.15) is 27.4 Å². The van der Waals surface area contributed by atoms with Crippen LogP contribution in [0.5, 0.6) is 11.5 Å². The Morgan fingerprint density at radius 3 is 2.74 bits per heavy atom. The summed E-state index contributed by atoms with van der Waals surface area (Å²) < 4.78 is 25.6. The molecule has 35 heavy (non-hydrogen) atoms. The van der Waals surface area contributed by atoms with Gasteiger partial charge in [0.15, 0.2) is 17.3 Å². The van der Waals surface area contributed by atoms with Gasteiger partial charge in [-0.1, -0.05) is 30.3 Å². The van der Waals surface area contributed by atoms with E-state index in [4.69, 9.17) is 9.47 Å². The topological polar surface area (TPSA) is 67.9 Å². The number of benzene rings is 3. The number of halogens is 1. The van der Waals surface area contributed by atoms with Gasteiger partial charge in [-0.3, -0.25) is 14.5 Å². The van der Waals surface area contributed by atoms with Crippen molar-refractivity contribution >= 4 is 29.1 Å². The predicted octanol–water partition coefficient (Wildman–Crippen LogP) is 4.37. The van der Waals surface area contributed by atoms with Gasteiger partial charge in [0.2, 0.25) is 12.7 Å². The number of hydrogen-bond donors (Lipinski definition) is 1. The van der Waals surface area contributed by atoms with Crippen molar-refractivity contribution in [3.05, 3.63) is 89.2 Å². The summed E-state index contributed by atoms with van der Waals surface area (Å²) in [6.45, 7) is 0.106. The molecule has 4 aliphatic rings. The summed E-state index contributed by atoms with van der Waals surface area (Å²) in [4.78, 5) is 30.5. The molecule has 176 valence electrons. The molecule has 2 fully saturated rings. The number of thioether (sulfide) groups is 1. The van der Waals surface area contributed by atoms with Gasteiger partial charge in [0.05, 0.1) is 5.92 Å². The number of carbonyl (C=O) groups excluding carboxylic acids is 2. The van der Waals surface area contributed by atoms with Crippen molar-refractivity contribution < 1.29 is 23.5 Å². The second-order valence-electron chi connectivity index (χ2n) is 9.29. The van der Waals surface area contributed by atoms with Crippen molar-refractivity contribution in [1.82, 2.24) is 4.90 Å². The summed E-state index contributed by atoms with van der Waals surface area (Å²) in [7, 11) is 0. The minimum absolute atomic E-state index is 0.0506. The van der Waals surface area contributed by atoms with Gasteiger partial charge >= 0.3 is 0 Å². The number of fused-ring (bicyclic) bond motifs is 5. The Balaban J connectivity index is 1.47. The van der Waals surface area contributed by atoms with Crippen molar-refractivity contribution in [3.63, 3.8) is 0 Å². The van der Waals surface area contributed by atoms with Gasteiger partial charge in [-0.05, 0) is 42.0 Å². The maximum Gasteiger partial charge on any atom is 0.250 e. The lowest BCUT2D eigenvalue weighted by Crippen LogP contribution is -2.52. The molecule has 4 atom stereocenters. The van der Waals surface area contributed by atoms with E-state index in [-0.39, 0.29) is 30.4 Å². The summed E-state index contributed by atoms with van der Waals surface area (Å²) in [5.74, 6) is 0.602. The van der Waals surface area contributed by atoms with E-state index < -0.39 is 17.3 Å². The molecule has 1 amide bonds. The molecule has 0 aliphatic carbocycles. The van der Waals surface area contributed by atoms with Crippen LogP contribution in [-0.2, 0) is 10.3 Å². The first-order chi connectivity index (χ1) is 17.1. The molecule has 3 aromatic rings. The number of ether oxygens (including phenoxy) is 2. The second-order valence-corrected chi connectivity index (χ2v) is 10.3. The van der Waals surface area contributed by atoms with E-state index in [1.54, 1.807) is 36.0 Å². The summed E-state index contributed by atoms with van der Waals surface area (Å²) in [6, 6.07) is 19.3. The van der Waals surface area contributed by atoms with Gasteiger partial charge in [-0.15, -0.1) is 11.8 Å². The predicted molar refractivity (Wildman–Crippen MR) is 129 cm³/mol. The molecule has 1 spiro atoms. The molecule has 0 bridgehead atoms. The molecule has 4 heterocycles. The molecule has 4 aliphatic heterocycles. The van der Waals surface area contributed by atoms with Crippen LogP contribution in [0.2, 0.25) is 0 Å². The third-order valence-electron chi connectivity index (χ3n) is 7.71. The molecule has 1 N–H and O–H groups in total. The van der Waals surface area contributed by atoms with Gasteiger partial charge < -0.3 is 14.8 Å². The van der Waals surface area contributed by atoms with Crippen molar-refractivity contribution in [3.8, 4) is 11.5 Å². The van der Waals surface area contributed by atoms with Crippen LogP contribution in [-0.4, -0.2) is 41.1 Å². The first-order valence-corrected chi connectivity index (χ1v) is 12.7. The molecule has 7 rings (SSSR count). The van der Waals surface area contributed by atoms with E-state index >= 15 is 0 Å². The molecule has 3 aromatic carbocycles. The number of ketones is 1. The fourth-order valence-electron chi connectivity index (χ4n) is 6.33. The summed E-state index contributed by atoms with van der Waals surface area (Å²) >= 11 is 1.74. The lowest BCUT2D eigenvalue weighted by Gasteiger charge is -2.36. The highest BCUT2D eigenvalue weighted by molar-refractivity contribution is 7.99. The largest absolute Gasteiger partial charge is 0.454 e. The average Bonchev–Trinajstić information content (AvgIpc) is 3.63. The molecule has 0 saturated carbocycles. The van der Waals surface area contributed by atoms with Crippen molar-refractivity contribution in [1.29, 1.82) is 0 Å². The van der Waals surface area contributed by atoms with Crippen LogP contribution in [0.15, 0.2) is 66.7 Å². The fraction of sp³-hybridized carbons (Fsp3) is 0.259. The first-order valence-electron chi connectivity index (χ1n) is 11.5. The Bertz CT molecular complexity index is 1380. The van der Waals surface area contributed by atoms with Crippen LogP contribution in [0.25, 0.3) is 0 Å². The van der Waals surface area contributed by atoms with Crippen molar-refractivity contribution in [2.75, 3.05) is 23.7 Å². The molecule has 0 aromatic heterocycles. The molecule has 0 radical (unpaired) electrons. The Labute approximate surface area is 205 Å². The van der Waals surface area contributed by atoms with E-state index in [2.05, 4.69) is 10.2 Å². The fourth-order valence-corrected chi connectivity index (χ4v) is 7.65. The Hall–Kier alpha value is -3.36. The molecule has 2 saturated heterocycles. The smallest absolute Gasteiger partial charge is 0.250 e. The van der Waals surface area contributed by atoms with Gasteiger partial charge in [0.1, 0.15) is 11.4 Å². The highest BCUT2D eigenvalue weighted by Gasteiger charge is 2.69. The second kappa shape index (κ2) is 7.57. The highest BCUT2D eigenvalue weighted by atomic mass is 32.2. The van der Waals surface area contributed by atoms with Gasteiger partial charge in [-0.25, -0.2) is 4.39 Å². The zero-order chi connectivity index (χ0) is 23.7. The lowest BCUT2D eigenvalue weighted by atomic mass is 9.69. The summed E-state index contributed by atoms with van der Waals surface area (Å²) in [5.41, 5.74) is 1.24. The molecular weight excluding hydrogens is 467 g/mol. The van der Waals surface area contributed by atoms with Crippen LogP contribution in [0, 0.1) is 11.7 Å². The number of amides is 1. The Kier molecular flexibility index (Phi) is 4.53. The molecule has 6 nitrogen and oxygen atoms in total. The first kappa shape index (κ1) is 21.0. The number of nitrogens with one attached hydrogen (secondary N) is 1. The zero-order valence-electron chi connectivity index (χ0n) is 18.6. The van der Waals surface area contributed by atoms with E-state index in [1.807, 2.05) is 30.3 Å². The van der Waals surface area contributed by atoms with E-state index in [9.17, 15) is 14.0 Å². The summed E-state index contributed by atoms with van der Waals surface area (Å²) in [5, 5.41) is 2.97. The zero-order valence-corrected chi connectivity index (χ0v) is 19.4. The lowest BCUT2D eigenvalue weighted by molar-refractivity contribution is -0.127. The number of rotatable bonds is 3. The number of nitrogens with zero attached hydrogens (tertiary/aromatic N) is 1.